The van der Waals surface area contributed by atoms with E-state index in [1.54, 1.807) is 17.7 Å². The quantitative estimate of drug-likeness (QED) is 0.710. The number of aromatic nitrogens is 2. The molecule has 1 aliphatic rings. The number of H-pyrrole nitrogens is 1. The van der Waals surface area contributed by atoms with Crippen molar-refractivity contribution in [1.82, 2.24) is 9.88 Å². The molecule has 0 aliphatic carbocycles. The molecule has 8 heteroatoms. The fourth-order valence-corrected chi connectivity index (χ4v) is 3.93. The number of rotatable bonds is 5. The summed E-state index contributed by atoms with van der Waals surface area (Å²) in [5.74, 6) is 1.06. The van der Waals surface area contributed by atoms with Gasteiger partial charge in [0.25, 0.3) is 11.1 Å². The van der Waals surface area contributed by atoms with Crippen molar-refractivity contribution in [2.75, 3.05) is 0 Å². The second-order valence-corrected chi connectivity index (χ2v) is 7.68. The molecule has 3 aromatic rings. The number of thioether (sulfide) groups is 1. The summed E-state index contributed by atoms with van der Waals surface area (Å²) in [6.45, 7) is 0.214. The van der Waals surface area contributed by atoms with Gasteiger partial charge in [0.2, 0.25) is 5.91 Å². The van der Waals surface area contributed by atoms with E-state index in [9.17, 15) is 14.4 Å². The van der Waals surface area contributed by atoms with Gasteiger partial charge in [0.15, 0.2) is 6.61 Å². The third kappa shape index (κ3) is 3.63. The molecule has 0 bridgehead atoms. The molecule has 1 atom stereocenters. The monoisotopic (exact) mass is 396 g/mol. The number of hydrogen-bond donors (Lipinski definition) is 1. The van der Waals surface area contributed by atoms with Gasteiger partial charge in [-0.3, -0.25) is 14.9 Å². The molecular weight excluding hydrogens is 378 g/mol. The number of para-hydroxylation sites is 1. The van der Waals surface area contributed by atoms with Crippen molar-refractivity contribution in [2.24, 2.45) is 7.05 Å². The normalized spacial score (nSPS) is 16.4. The Balaban J connectivity index is 1.45. The average molecular weight is 396 g/mol. The molecule has 1 fully saturated rings. The molecule has 142 valence electrons. The molecule has 1 aliphatic heterocycles. The molecule has 2 N–H and O–H groups in total. The van der Waals surface area contributed by atoms with Crippen LogP contribution in [0, 0.1) is 0 Å². The van der Waals surface area contributed by atoms with Crippen molar-refractivity contribution in [2.45, 2.75) is 18.3 Å². The average Bonchev–Trinajstić information content (AvgIpc) is 3.01. The van der Waals surface area contributed by atoms with E-state index in [2.05, 4.69) is 10.3 Å². The van der Waals surface area contributed by atoms with Crippen LogP contribution in [0.5, 0.6) is 5.75 Å². The zero-order valence-corrected chi connectivity index (χ0v) is 15.9. The highest BCUT2D eigenvalue weighted by Crippen LogP contribution is 2.24. The SMILES string of the molecule is Cn1c(COc2ccc(CC3SC(=O)NC3=O)cc2)[nH+]c2ccccc2c1=O. The maximum atomic E-state index is 12.4. The zero-order valence-electron chi connectivity index (χ0n) is 15.1. The third-order valence-electron chi connectivity index (χ3n) is 4.63. The number of fused-ring (bicyclic) bond motifs is 1. The molecule has 0 radical (unpaired) electrons. The number of hydrogen-bond acceptors (Lipinski definition) is 5. The number of nitrogens with zero attached hydrogens (tertiary/aromatic N) is 1. The lowest BCUT2D eigenvalue weighted by atomic mass is 10.1. The number of aromatic amines is 1. The Labute approximate surface area is 164 Å². The fourth-order valence-electron chi connectivity index (χ4n) is 3.07. The molecule has 1 saturated heterocycles. The zero-order chi connectivity index (χ0) is 19.7. The number of carbonyl (C=O) groups excluding carboxylic acids is 2. The molecule has 7 nitrogen and oxygen atoms in total. The van der Waals surface area contributed by atoms with E-state index in [0.717, 1.165) is 22.8 Å². The summed E-state index contributed by atoms with van der Waals surface area (Å²) < 4.78 is 7.36. The Morgan fingerprint density at radius 2 is 1.86 bits per heavy atom. The number of ether oxygens (including phenoxy) is 1. The van der Waals surface area contributed by atoms with Crippen LogP contribution in [0.15, 0.2) is 53.3 Å². The maximum Gasteiger partial charge on any atom is 0.345 e. The lowest BCUT2D eigenvalue weighted by Gasteiger charge is -2.08. The molecule has 2 heterocycles. The van der Waals surface area contributed by atoms with Crippen LogP contribution in [0.4, 0.5) is 4.79 Å². The van der Waals surface area contributed by atoms with E-state index >= 15 is 0 Å². The fraction of sp³-hybridized carbons (Fsp3) is 0.200. The van der Waals surface area contributed by atoms with Crippen LogP contribution in [0.2, 0.25) is 0 Å². The van der Waals surface area contributed by atoms with Gasteiger partial charge in [0, 0.05) is 0 Å². The summed E-state index contributed by atoms with van der Waals surface area (Å²) in [6.07, 6.45) is 0.482. The van der Waals surface area contributed by atoms with E-state index in [1.807, 2.05) is 42.5 Å². The smallest absolute Gasteiger partial charge is 0.345 e. The van der Waals surface area contributed by atoms with E-state index in [-0.39, 0.29) is 28.6 Å². The summed E-state index contributed by atoms with van der Waals surface area (Å²) in [4.78, 5) is 38.6. The number of nitrogens with one attached hydrogen (secondary N) is 2. The molecule has 4 rings (SSSR count). The van der Waals surface area contributed by atoms with Gasteiger partial charge >= 0.3 is 5.56 Å². The second-order valence-electron chi connectivity index (χ2n) is 6.50. The Hall–Kier alpha value is -3.13. The number of amides is 2. The van der Waals surface area contributed by atoms with E-state index in [1.165, 1.54) is 0 Å². The number of imide groups is 1. The van der Waals surface area contributed by atoms with Crippen molar-refractivity contribution < 1.29 is 19.3 Å². The largest absolute Gasteiger partial charge is 0.481 e. The Morgan fingerprint density at radius 1 is 1.11 bits per heavy atom. The van der Waals surface area contributed by atoms with Gasteiger partial charge in [0.05, 0.1) is 12.3 Å². The van der Waals surface area contributed by atoms with Gasteiger partial charge in [-0.05, 0) is 36.2 Å². The van der Waals surface area contributed by atoms with E-state index in [4.69, 9.17) is 4.74 Å². The molecule has 2 amide bonds. The Kier molecular flexibility index (Phi) is 4.87. The molecule has 1 unspecified atom stereocenters. The van der Waals surface area contributed by atoms with Crippen molar-refractivity contribution in [1.29, 1.82) is 0 Å². The summed E-state index contributed by atoms with van der Waals surface area (Å²) in [6, 6.07) is 14.7. The minimum Gasteiger partial charge on any atom is -0.481 e. The van der Waals surface area contributed by atoms with Crippen LogP contribution >= 0.6 is 11.8 Å². The van der Waals surface area contributed by atoms with Crippen molar-refractivity contribution in [3.63, 3.8) is 0 Å². The predicted molar refractivity (Wildman–Crippen MR) is 105 cm³/mol. The maximum absolute atomic E-state index is 12.4. The lowest BCUT2D eigenvalue weighted by Crippen LogP contribution is -2.31. The van der Waals surface area contributed by atoms with Crippen LogP contribution in [-0.2, 0) is 24.9 Å². The number of carbonyl (C=O) groups is 2. The van der Waals surface area contributed by atoms with Crippen LogP contribution in [0.1, 0.15) is 11.4 Å². The first-order valence-corrected chi connectivity index (χ1v) is 9.62. The van der Waals surface area contributed by atoms with Crippen molar-refractivity contribution >= 4 is 33.8 Å². The molecule has 2 aromatic carbocycles. The summed E-state index contributed by atoms with van der Waals surface area (Å²) in [5, 5.41) is 2.23. The first-order chi connectivity index (χ1) is 13.5. The summed E-state index contributed by atoms with van der Waals surface area (Å²) in [5.41, 5.74) is 1.63. The van der Waals surface area contributed by atoms with Gasteiger partial charge in [0.1, 0.15) is 16.7 Å². The van der Waals surface area contributed by atoms with Gasteiger partial charge in [-0.2, -0.15) is 4.57 Å². The molecule has 0 spiro atoms. The first-order valence-electron chi connectivity index (χ1n) is 8.74. The second kappa shape index (κ2) is 7.47. The molecule has 0 saturated carbocycles. The van der Waals surface area contributed by atoms with Crippen molar-refractivity contribution in [3.8, 4) is 5.75 Å². The van der Waals surface area contributed by atoms with Gasteiger partial charge in [-0.1, -0.05) is 36.0 Å². The van der Waals surface area contributed by atoms with E-state index < -0.39 is 0 Å². The number of benzene rings is 2. The molecular formula is C20H18N3O4S+. The molecule has 1 aromatic heterocycles. The van der Waals surface area contributed by atoms with Gasteiger partial charge < -0.3 is 4.74 Å². The van der Waals surface area contributed by atoms with Crippen molar-refractivity contribution in [3.05, 3.63) is 70.3 Å². The minimum absolute atomic E-state index is 0.0785. The van der Waals surface area contributed by atoms with Crippen LogP contribution in [0.3, 0.4) is 0 Å². The van der Waals surface area contributed by atoms with Crippen LogP contribution in [0.25, 0.3) is 10.9 Å². The van der Waals surface area contributed by atoms with Gasteiger partial charge in [-0.15, -0.1) is 0 Å². The topological polar surface area (TPSA) is 91.5 Å². The first kappa shape index (κ1) is 18.2. The standard InChI is InChI=1S/C20H17N3O4S/c1-23-17(21-15-5-3-2-4-14(15)19(23)25)11-27-13-8-6-12(7-9-13)10-16-18(24)22-20(26)28-16/h2-9,16H,10-11H2,1H3,(H,22,24,26)/p+1. The predicted octanol–water partition coefficient (Wildman–Crippen LogP) is 1.83. The van der Waals surface area contributed by atoms with Gasteiger partial charge in [-0.25, -0.2) is 9.78 Å². The van der Waals surface area contributed by atoms with Crippen LogP contribution in [-0.4, -0.2) is 21.0 Å². The lowest BCUT2D eigenvalue weighted by molar-refractivity contribution is -0.371. The highest BCUT2D eigenvalue weighted by molar-refractivity contribution is 8.15. The highest BCUT2D eigenvalue weighted by Gasteiger charge is 2.31. The summed E-state index contributed by atoms with van der Waals surface area (Å²) in [7, 11) is 1.71. The minimum atomic E-state index is -0.388. The van der Waals surface area contributed by atoms with E-state index in [0.29, 0.717) is 23.4 Å². The van der Waals surface area contributed by atoms with Crippen LogP contribution < -0.4 is 20.6 Å². The highest BCUT2D eigenvalue weighted by atomic mass is 32.2. The summed E-state index contributed by atoms with van der Waals surface area (Å²) >= 11 is 1.02. The third-order valence-corrected chi connectivity index (χ3v) is 5.61. The molecule has 28 heavy (non-hydrogen) atoms. The Bertz CT molecular complexity index is 1120. The Morgan fingerprint density at radius 3 is 2.57 bits per heavy atom.